The third-order valence-electron chi connectivity index (χ3n) is 27.7. The van der Waals surface area contributed by atoms with Crippen LogP contribution < -0.4 is 16.0 Å². The topological polar surface area (TPSA) is 220 Å². The lowest BCUT2D eigenvalue weighted by Crippen LogP contribution is -2.56. The first-order valence-corrected chi connectivity index (χ1v) is 39.2. The molecule has 3 amide bonds. The minimum Gasteiger partial charge on any atom is -0.469 e. The fourth-order valence-corrected chi connectivity index (χ4v) is 23.4. The van der Waals surface area contributed by atoms with Crippen molar-refractivity contribution in [2.45, 2.75) is 270 Å². The van der Waals surface area contributed by atoms with Crippen molar-refractivity contribution in [2.75, 3.05) is 20.3 Å². The van der Waals surface area contributed by atoms with E-state index in [2.05, 4.69) is 46.1 Å². The first-order valence-electron chi connectivity index (χ1n) is 39.2. The number of carbonyl (C=O) groups excluding carboxylic acids is 6. The lowest BCUT2D eigenvalue weighted by atomic mass is 9.54. The molecular weight excluding hydrogens is 1230 g/mol. The number of hydrogen-bond donors (Lipinski definition) is 3. The van der Waals surface area contributed by atoms with Crippen molar-refractivity contribution in [3.63, 3.8) is 0 Å². The fraction of sp³-hybridized carbons (Fsp3) is 0.738. The molecule has 3 heterocycles. The van der Waals surface area contributed by atoms with Gasteiger partial charge in [0, 0.05) is 46.2 Å². The van der Waals surface area contributed by atoms with Crippen LogP contribution in [-0.2, 0) is 67.1 Å². The van der Waals surface area contributed by atoms with Gasteiger partial charge >= 0.3 is 17.9 Å². The first kappa shape index (κ1) is 67.5. The van der Waals surface area contributed by atoms with Crippen LogP contribution in [0.25, 0.3) is 5.69 Å². The molecule has 1 aromatic carbocycles. The Morgan fingerprint density at radius 1 is 0.510 bits per heavy atom. The Morgan fingerprint density at radius 3 is 1.52 bits per heavy atom. The highest BCUT2D eigenvalue weighted by atomic mass is 16.5. The van der Waals surface area contributed by atoms with Gasteiger partial charge in [0.05, 0.1) is 61.5 Å². The summed E-state index contributed by atoms with van der Waals surface area (Å²) in [6.07, 6.45) is 34.9. The number of carbonyl (C=O) groups is 6. The van der Waals surface area contributed by atoms with E-state index in [0.717, 1.165) is 121 Å². The van der Waals surface area contributed by atoms with Crippen molar-refractivity contribution in [1.82, 2.24) is 45.3 Å². The number of aromatic nitrogens is 6. The summed E-state index contributed by atoms with van der Waals surface area (Å²) in [6.45, 7) is 11.4. The van der Waals surface area contributed by atoms with Crippen molar-refractivity contribution in [3.05, 3.63) is 81.2 Å². The largest absolute Gasteiger partial charge is 0.469 e. The monoisotopic (exact) mass is 1340 g/mol. The van der Waals surface area contributed by atoms with Crippen LogP contribution in [0.15, 0.2) is 30.3 Å². The number of nitrogens with zero attached hydrogens (tertiary/aromatic N) is 6. The Morgan fingerprint density at radius 2 is 0.990 bits per heavy atom. The van der Waals surface area contributed by atoms with Gasteiger partial charge in [-0.15, -0.1) is 0 Å². The molecule has 12 saturated carbocycles. The van der Waals surface area contributed by atoms with Gasteiger partial charge in [0.25, 0.3) is 17.7 Å². The van der Waals surface area contributed by atoms with Gasteiger partial charge in [0.1, 0.15) is 5.69 Å². The summed E-state index contributed by atoms with van der Waals surface area (Å²) in [7, 11) is 1.46. The number of esters is 3. The number of rotatable bonds is 14. The molecule has 18 heteroatoms. The molecule has 18 nitrogen and oxygen atoms in total. The second kappa shape index (κ2) is 27.9. The zero-order valence-electron chi connectivity index (χ0n) is 59.6. The Balaban J connectivity index is 0.000000120. The molecule has 15 aliphatic rings. The zero-order chi connectivity index (χ0) is 67.7. The summed E-state index contributed by atoms with van der Waals surface area (Å²) in [5.41, 5.74) is 9.16. The highest BCUT2D eigenvalue weighted by Gasteiger charge is 2.60. The molecule has 0 spiro atoms. The van der Waals surface area contributed by atoms with E-state index < -0.39 is 0 Å². The molecule has 12 fully saturated rings. The van der Waals surface area contributed by atoms with Gasteiger partial charge in [-0.2, -0.15) is 15.3 Å². The maximum absolute atomic E-state index is 13.9. The number of para-hydroxylation sites is 1. The molecule has 0 saturated heterocycles. The smallest absolute Gasteiger partial charge is 0.309 e. The van der Waals surface area contributed by atoms with E-state index in [1.807, 2.05) is 48.9 Å². The van der Waals surface area contributed by atoms with Gasteiger partial charge in [-0.3, -0.25) is 38.1 Å². The van der Waals surface area contributed by atoms with Crippen LogP contribution >= 0.6 is 0 Å². The Hall–Kier alpha value is -6.33. The van der Waals surface area contributed by atoms with E-state index in [-0.39, 0.29) is 70.3 Å². The molecule has 15 aliphatic carbocycles. The van der Waals surface area contributed by atoms with Crippen molar-refractivity contribution < 1.29 is 43.0 Å². The maximum Gasteiger partial charge on any atom is 0.309 e. The van der Waals surface area contributed by atoms with Gasteiger partial charge in [0.2, 0.25) is 0 Å². The molecule has 10 bridgehead atoms. The highest BCUT2D eigenvalue weighted by Crippen LogP contribution is 2.63. The predicted molar refractivity (Wildman–Crippen MR) is 371 cm³/mol. The molecule has 4 aromatic rings. The summed E-state index contributed by atoms with van der Waals surface area (Å²) in [5.74, 6) is 5.77. The molecular formula is C80H111N9O9. The average molecular weight is 1340 g/mol. The van der Waals surface area contributed by atoms with Gasteiger partial charge in [0.15, 0.2) is 11.4 Å². The van der Waals surface area contributed by atoms with Crippen molar-refractivity contribution in [2.24, 2.45) is 81.8 Å². The van der Waals surface area contributed by atoms with Crippen LogP contribution in [0.4, 0.5) is 0 Å². The Kier molecular flexibility index (Phi) is 19.2. The number of hydrogen-bond acceptors (Lipinski definition) is 12. The van der Waals surface area contributed by atoms with Gasteiger partial charge in [-0.1, -0.05) is 77.5 Å². The third kappa shape index (κ3) is 12.9. The lowest BCUT2D eigenvalue weighted by molar-refractivity contribution is -0.149. The van der Waals surface area contributed by atoms with E-state index in [0.29, 0.717) is 110 Å². The number of amides is 3. The van der Waals surface area contributed by atoms with E-state index in [1.165, 1.54) is 128 Å². The molecule has 3 aromatic heterocycles. The molecule has 530 valence electrons. The van der Waals surface area contributed by atoms with Crippen LogP contribution in [0.3, 0.4) is 0 Å². The van der Waals surface area contributed by atoms with Crippen LogP contribution in [0.2, 0.25) is 0 Å². The van der Waals surface area contributed by atoms with Gasteiger partial charge in [-0.05, 0) is 257 Å². The number of fused-ring (bicyclic) bond motifs is 5. The van der Waals surface area contributed by atoms with Gasteiger partial charge in [-0.25, -0.2) is 4.68 Å². The van der Waals surface area contributed by atoms with E-state index in [4.69, 9.17) is 29.5 Å². The lowest BCUT2D eigenvalue weighted by Gasteiger charge is -2.54. The summed E-state index contributed by atoms with van der Waals surface area (Å²) in [6, 6.07) is 11.4. The number of nitrogens with one attached hydrogen (secondary N) is 3. The van der Waals surface area contributed by atoms with Crippen molar-refractivity contribution in [3.8, 4) is 5.69 Å². The normalized spacial score (nSPS) is 33.6. The number of aryl methyl sites for hydroxylation is 1. The van der Waals surface area contributed by atoms with E-state index >= 15 is 0 Å². The number of ether oxygens (including phenoxy) is 3. The molecule has 19 rings (SSSR count). The molecule has 5 unspecified atom stereocenters. The van der Waals surface area contributed by atoms with Crippen LogP contribution in [0.5, 0.6) is 0 Å². The molecule has 98 heavy (non-hydrogen) atoms. The van der Waals surface area contributed by atoms with Gasteiger partial charge < -0.3 is 30.2 Å². The van der Waals surface area contributed by atoms with Crippen molar-refractivity contribution in [1.29, 1.82) is 0 Å². The Bertz CT molecular complexity index is 3570. The minimum atomic E-state index is -0.228. The average Bonchev–Trinajstić information content (AvgIpc) is 1.59. The fourth-order valence-electron chi connectivity index (χ4n) is 23.4. The quantitative estimate of drug-likeness (QED) is 0.0793. The predicted octanol–water partition coefficient (Wildman–Crippen LogP) is 13.3. The van der Waals surface area contributed by atoms with E-state index in [9.17, 15) is 28.8 Å². The van der Waals surface area contributed by atoms with Crippen LogP contribution in [0.1, 0.15) is 279 Å². The summed E-state index contributed by atoms with van der Waals surface area (Å²) >= 11 is 0. The second-order valence-electron chi connectivity index (χ2n) is 34.1. The Labute approximate surface area is 580 Å². The maximum atomic E-state index is 13.9. The summed E-state index contributed by atoms with van der Waals surface area (Å²) in [4.78, 5) is 78.7. The third-order valence-corrected chi connectivity index (χ3v) is 27.7. The molecule has 0 aliphatic heterocycles. The summed E-state index contributed by atoms with van der Waals surface area (Å²) < 4.78 is 21.9. The SMILES string of the molecule is CCOC(=O)C1CCc2nn(C3CCCCC3)c(C(=O)NC3C4CC5CC(C4)CC3C5)c2C1.CCOC(=O)[C@@H]1CCc2c(c(C(=O)NC3C4(C)CCC(C4)C3(C)C)nn2-c2ccccc2)C1.COC(=O)C1CCc2c(c(C(=O)NC3C4CC5CC(C4)CC3C5)nn2C2CCCCC2)C1. The van der Waals surface area contributed by atoms with E-state index in [1.54, 1.807) is 0 Å². The molecule has 6 atom stereocenters. The standard InChI is InChI=1S/C27H39N3O3.C27H35N3O3.C26H37N3O3/c1-2-33-27(32)18-8-9-23-22(15-18)25(30(29-23)21-6-4-3-5-7-21)26(31)28-24-19-11-16-10-17(13-19)14-20(24)12-16;1-5-33-24(32)17-11-12-21-20(15-17)22(29-30(21)19-9-7-6-8-10-19)23(31)28-25-26(2,3)18-13-14-27(25,4)16-18;1-32-26(31)17-7-8-22-21(14-17)24(28-29(22)20-5-3-2-4-6-20)25(30)27-23-18-10-15-9-16(12-18)13-19(23)11-15/h16-21,24H,2-15H2,1H3,(H,28,31);6-10,17-18,25H,5,11-16H2,1-4H3,(H,28,31);15-20,23H,2-14H2,1H3,(H,27,30)/t;17-,18?,25?,27?;/m.1./s1. The molecule has 3 N–H and O–H groups in total. The zero-order valence-corrected chi connectivity index (χ0v) is 59.6. The second-order valence-corrected chi connectivity index (χ2v) is 34.1. The number of methoxy groups -OCH3 is 1. The first-order chi connectivity index (χ1) is 47.4. The van der Waals surface area contributed by atoms with Crippen molar-refractivity contribution >= 4 is 35.6 Å². The van der Waals surface area contributed by atoms with Crippen LogP contribution in [0, 0.1) is 81.8 Å². The molecule has 0 radical (unpaired) electrons. The highest BCUT2D eigenvalue weighted by molar-refractivity contribution is 5.96. The summed E-state index contributed by atoms with van der Waals surface area (Å²) in [5, 5.41) is 25.3. The number of benzene rings is 1. The van der Waals surface area contributed by atoms with Crippen LogP contribution in [-0.4, -0.2) is 103 Å². The minimum absolute atomic E-state index is 0.00111.